The first-order chi connectivity index (χ1) is 15.9. The van der Waals surface area contributed by atoms with Crippen molar-refractivity contribution in [1.82, 2.24) is 4.90 Å². The van der Waals surface area contributed by atoms with Gasteiger partial charge >= 0.3 is 0 Å². The third-order valence-corrected chi connectivity index (χ3v) is 7.43. The molecule has 33 heavy (non-hydrogen) atoms. The van der Waals surface area contributed by atoms with Crippen molar-refractivity contribution in [2.24, 2.45) is 0 Å². The van der Waals surface area contributed by atoms with Gasteiger partial charge in [-0.25, -0.2) is 8.42 Å². The summed E-state index contributed by atoms with van der Waals surface area (Å²) < 4.78 is 29.7. The third kappa shape index (κ3) is 5.87. The molecule has 0 radical (unpaired) electrons. The number of rotatable bonds is 8. The standard InChI is InChI=1S/C26H25NO5S/c28-25(27(17-20-7-3-1-4-8-20)23-15-16-33(30,31)19-23)18-32-24-13-11-22(12-14-24)26(29)21-9-5-2-6-10-21/h1-14,23H,15-19H2/t23-/m1/s1. The van der Waals surface area contributed by atoms with Crippen LogP contribution in [0.3, 0.4) is 0 Å². The van der Waals surface area contributed by atoms with E-state index in [1.165, 1.54) is 0 Å². The largest absolute Gasteiger partial charge is 0.484 e. The maximum atomic E-state index is 13.0. The van der Waals surface area contributed by atoms with Crippen molar-refractivity contribution in [3.8, 4) is 5.75 Å². The number of hydrogen-bond acceptors (Lipinski definition) is 5. The van der Waals surface area contributed by atoms with Gasteiger partial charge < -0.3 is 9.64 Å². The van der Waals surface area contributed by atoms with E-state index in [-0.39, 0.29) is 35.8 Å². The molecule has 1 aliphatic rings. The summed E-state index contributed by atoms with van der Waals surface area (Å²) >= 11 is 0. The predicted molar refractivity (Wildman–Crippen MR) is 126 cm³/mol. The van der Waals surface area contributed by atoms with Crippen LogP contribution in [0.25, 0.3) is 0 Å². The lowest BCUT2D eigenvalue weighted by molar-refractivity contribution is -0.136. The Labute approximate surface area is 193 Å². The van der Waals surface area contributed by atoms with Crippen LogP contribution in [0.5, 0.6) is 5.75 Å². The zero-order valence-electron chi connectivity index (χ0n) is 18.1. The van der Waals surface area contributed by atoms with Crippen LogP contribution >= 0.6 is 0 Å². The number of nitrogens with zero attached hydrogens (tertiary/aromatic N) is 1. The first-order valence-corrected chi connectivity index (χ1v) is 12.6. The number of ether oxygens (including phenoxy) is 1. The Bertz CT molecular complexity index is 1210. The van der Waals surface area contributed by atoms with Crippen LogP contribution in [-0.4, -0.2) is 49.2 Å². The second-order valence-electron chi connectivity index (χ2n) is 8.07. The molecule has 170 valence electrons. The minimum absolute atomic E-state index is 0.0259. The van der Waals surface area contributed by atoms with E-state index < -0.39 is 9.84 Å². The molecule has 0 aliphatic carbocycles. The number of hydrogen-bond donors (Lipinski definition) is 0. The van der Waals surface area contributed by atoms with E-state index in [1.54, 1.807) is 41.3 Å². The lowest BCUT2D eigenvalue weighted by Gasteiger charge is -2.28. The van der Waals surface area contributed by atoms with E-state index in [4.69, 9.17) is 4.74 Å². The maximum absolute atomic E-state index is 13.0. The van der Waals surface area contributed by atoms with Crippen LogP contribution in [0.2, 0.25) is 0 Å². The van der Waals surface area contributed by atoms with Gasteiger partial charge in [-0.05, 0) is 36.2 Å². The molecular weight excluding hydrogens is 438 g/mol. The highest BCUT2D eigenvalue weighted by atomic mass is 32.2. The number of carbonyl (C=O) groups is 2. The summed E-state index contributed by atoms with van der Waals surface area (Å²) in [5, 5.41) is 0. The molecule has 1 amide bonds. The van der Waals surface area contributed by atoms with Gasteiger partial charge in [-0.2, -0.15) is 0 Å². The van der Waals surface area contributed by atoms with E-state index in [0.29, 0.717) is 29.8 Å². The van der Waals surface area contributed by atoms with Gasteiger partial charge in [-0.1, -0.05) is 60.7 Å². The number of amides is 1. The zero-order chi connectivity index (χ0) is 23.3. The minimum atomic E-state index is -3.14. The second kappa shape index (κ2) is 10.0. The van der Waals surface area contributed by atoms with Crippen LogP contribution < -0.4 is 4.74 Å². The number of benzene rings is 3. The summed E-state index contributed by atoms with van der Waals surface area (Å²) in [6.07, 6.45) is 0.428. The quantitative estimate of drug-likeness (QED) is 0.478. The first kappa shape index (κ1) is 22.7. The summed E-state index contributed by atoms with van der Waals surface area (Å²) in [5.74, 6) is 0.169. The van der Waals surface area contributed by atoms with Crippen molar-refractivity contribution in [1.29, 1.82) is 0 Å². The molecule has 0 unspecified atom stereocenters. The monoisotopic (exact) mass is 463 g/mol. The van der Waals surface area contributed by atoms with E-state index in [0.717, 1.165) is 5.56 Å². The second-order valence-corrected chi connectivity index (χ2v) is 10.3. The molecule has 1 saturated heterocycles. The van der Waals surface area contributed by atoms with Gasteiger partial charge in [-0.15, -0.1) is 0 Å². The fraction of sp³-hybridized carbons (Fsp3) is 0.231. The fourth-order valence-electron chi connectivity index (χ4n) is 3.91. The lowest BCUT2D eigenvalue weighted by Crippen LogP contribution is -2.43. The molecule has 6 nitrogen and oxygen atoms in total. The molecule has 4 rings (SSSR count). The molecule has 3 aromatic rings. The van der Waals surface area contributed by atoms with Crippen LogP contribution in [0, 0.1) is 0 Å². The highest BCUT2D eigenvalue weighted by Gasteiger charge is 2.34. The van der Waals surface area contributed by atoms with Gasteiger partial charge in [0.2, 0.25) is 0 Å². The molecule has 1 aliphatic heterocycles. The van der Waals surface area contributed by atoms with E-state index in [1.807, 2.05) is 48.5 Å². The summed E-state index contributed by atoms with van der Waals surface area (Å²) in [7, 11) is -3.14. The average molecular weight is 464 g/mol. The highest BCUT2D eigenvalue weighted by Crippen LogP contribution is 2.21. The summed E-state index contributed by atoms with van der Waals surface area (Å²) in [4.78, 5) is 27.2. The van der Waals surface area contributed by atoms with Crippen molar-refractivity contribution in [3.05, 3.63) is 102 Å². The molecule has 0 N–H and O–H groups in total. The van der Waals surface area contributed by atoms with Crippen molar-refractivity contribution in [2.75, 3.05) is 18.1 Å². The van der Waals surface area contributed by atoms with Gasteiger partial charge in [0, 0.05) is 23.7 Å². The van der Waals surface area contributed by atoms with Crippen molar-refractivity contribution in [2.45, 2.75) is 19.0 Å². The predicted octanol–water partition coefficient (Wildman–Crippen LogP) is 3.51. The molecule has 0 spiro atoms. The topological polar surface area (TPSA) is 80.8 Å². The smallest absolute Gasteiger partial charge is 0.261 e. The minimum Gasteiger partial charge on any atom is -0.484 e. The SMILES string of the molecule is O=C(c1ccccc1)c1ccc(OCC(=O)N(Cc2ccccc2)[C@@H]2CCS(=O)(=O)C2)cc1. The van der Waals surface area contributed by atoms with E-state index >= 15 is 0 Å². The molecule has 1 heterocycles. The molecule has 0 aromatic heterocycles. The van der Waals surface area contributed by atoms with E-state index in [2.05, 4.69) is 0 Å². The Morgan fingerprint density at radius 3 is 2.06 bits per heavy atom. The fourth-order valence-corrected chi connectivity index (χ4v) is 5.64. The van der Waals surface area contributed by atoms with Crippen molar-refractivity contribution in [3.63, 3.8) is 0 Å². The van der Waals surface area contributed by atoms with Gasteiger partial charge in [0.1, 0.15) is 5.75 Å². The molecule has 0 bridgehead atoms. The third-order valence-electron chi connectivity index (χ3n) is 5.68. The number of ketones is 1. The lowest BCUT2D eigenvalue weighted by atomic mass is 10.0. The number of sulfone groups is 1. The summed E-state index contributed by atoms with van der Waals surface area (Å²) in [5.41, 5.74) is 2.06. The Kier molecular flexibility index (Phi) is 6.89. The highest BCUT2D eigenvalue weighted by molar-refractivity contribution is 7.91. The Morgan fingerprint density at radius 1 is 0.848 bits per heavy atom. The summed E-state index contributed by atoms with van der Waals surface area (Å²) in [6, 6.07) is 24.8. The van der Waals surface area contributed by atoms with Crippen LogP contribution in [0.1, 0.15) is 27.9 Å². The van der Waals surface area contributed by atoms with Gasteiger partial charge in [0.25, 0.3) is 5.91 Å². The molecule has 0 saturated carbocycles. The summed E-state index contributed by atoms with van der Waals surface area (Å²) in [6.45, 7) is 0.114. The normalized spacial score (nSPS) is 16.8. The van der Waals surface area contributed by atoms with Crippen molar-refractivity contribution < 1.29 is 22.7 Å². The number of carbonyl (C=O) groups excluding carboxylic acids is 2. The first-order valence-electron chi connectivity index (χ1n) is 10.8. The molecule has 1 atom stereocenters. The molecular formula is C26H25NO5S. The van der Waals surface area contributed by atoms with Crippen molar-refractivity contribution >= 4 is 21.5 Å². The Hall–Kier alpha value is -3.45. The zero-order valence-corrected chi connectivity index (χ0v) is 18.9. The molecule has 7 heteroatoms. The van der Waals surface area contributed by atoms with Gasteiger partial charge in [0.05, 0.1) is 11.5 Å². The van der Waals surface area contributed by atoms with Gasteiger partial charge in [0.15, 0.2) is 22.2 Å². The average Bonchev–Trinajstić information content (AvgIpc) is 3.21. The molecule has 3 aromatic carbocycles. The molecule has 1 fully saturated rings. The van der Waals surface area contributed by atoms with Crippen LogP contribution in [0.15, 0.2) is 84.9 Å². The Balaban J connectivity index is 1.42. The Morgan fingerprint density at radius 2 is 1.45 bits per heavy atom. The van der Waals surface area contributed by atoms with Gasteiger partial charge in [-0.3, -0.25) is 9.59 Å². The van der Waals surface area contributed by atoms with E-state index in [9.17, 15) is 18.0 Å². The van der Waals surface area contributed by atoms with Crippen LogP contribution in [0.4, 0.5) is 0 Å². The maximum Gasteiger partial charge on any atom is 0.261 e. The van der Waals surface area contributed by atoms with Crippen LogP contribution in [-0.2, 0) is 21.2 Å².